The van der Waals surface area contributed by atoms with Gasteiger partial charge in [0.15, 0.2) is 0 Å². The van der Waals surface area contributed by atoms with Gasteiger partial charge in [-0.25, -0.2) is 0 Å². The smallest absolute Gasteiger partial charge is 0.224 e. The molecule has 1 saturated carbocycles. The molecule has 4 nitrogen and oxygen atoms in total. The Balaban J connectivity index is 1.60. The first kappa shape index (κ1) is 16.1. The fraction of sp³-hybridized carbons (Fsp3) is 0.526. The molecule has 2 aromatic rings. The lowest BCUT2D eigenvalue weighted by molar-refractivity contribution is -0.120. The average molecular weight is 315 g/mol. The first-order valence-corrected chi connectivity index (χ1v) is 8.45. The van der Waals surface area contributed by atoms with E-state index in [0.29, 0.717) is 18.9 Å². The van der Waals surface area contributed by atoms with E-state index in [1.165, 1.54) is 11.1 Å². The Hall–Kier alpha value is -1.81. The largest absolute Gasteiger partial charge is 0.464 e. The summed E-state index contributed by atoms with van der Waals surface area (Å²) in [6.45, 7) is 4.78. The molecular formula is C19H25NO3. The molecule has 1 aromatic carbocycles. The Bertz CT molecular complexity index is 704. The zero-order valence-electron chi connectivity index (χ0n) is 13.9. The third kappa shape index (κ3) is 3.75. The van der Waals surface area contributed by atoms with Crippen LogP contribution in [0.1, 0.15) is 42.4 Å². The molecule has 23 heavy (non-hydrogen) atoms. The lowest BCUT2D eigenvalue weighted by Gasteiger charge is -2.25. The topological polar surface area (TPSA) is 62.5 Å². The van der Waals surface area contributed by atoms with Crippen LogP contribution in [0.25, 0.3) is 11.0 Å². The van der Waals surface area contributed by atoms with Crippen LogP contribution in [0.2, 0.25) is 0 Å². The van der Waals surface area contributed by atoms with Crippen molar-refractivity contribution in [1.82, 2.24) is 5.32 Å². The molecule has 4 heteroatoms. The number of fused-ring (bicyclic) bond motifs is 1. The van der Waals surface area contributed by atoms with E-state index in [0.717, 1.165) is 42.2 Å². The third-order valence-electron chi connectivity index (χ3n) is 4.96. The Morgan fingerprint density at radius 3 is 2.87 bits per heavy atom. The number of rotatable bonds is 4. The lowest BCUT2D eigenvalue weighted by atomic mass is 9.87. The van der Waals surface area contributed by atoms with Crippen molar-refractivity contribution in [3.63, 3.8) is 0 Å². The maximum absolute atomic E-state index is 12.2. The van der Waals surface area contributed by atoms with Crippen molar-refractivity contribution < 1.29 is 14.3 Å². The molecular weight excluding hydrogens is 290 g/mol. The van der Waals surface area contributed by atoms with Crippen LogP contribution in [-0.4, -0.2) is 23.7 Å². The molecule has 1 fully saturated rings. The summed E-state index contributed by atoms with van der Waals surface area (Å²) in [6.07, 6.45) is 5.65. The highest BCUT2D eigenvalue weighted by molar-refractivity contribution is 5.88. The minimum atomic E-state index is -0.199. The number of nitrogens with one attached hydrogen (secondary N) is 1. The Morgan fingerprint density at radius 1 is 1.30 bits per heavy atom. The van der Waals surface area contributed by atoms with Crippen LogP contribution in [0.5, 0.6) is 0 Å². The number of carbonyl (C=O) groups excluding carboxylic acids is 1. The first-order chi connectivity index (χ1) is 11.0. The lowest BCUT2D eigenvalue weighted by Crippen LogP contribution is -2.33. The molecule has 1 aromatic heterocycles. The van der Waals surface area contributed by atoms with Crippen LogP contribution in [0.4, 0.5) is 0 Å². The minimum absolute atomic E-state index is 0.0194. The van der Waals surface area contributed by atoms with Crippen molar-refractivity contribution in [2.24, 2.45) is 5.92 Å². The normalized spacial score (nSPS) is 21.5. The van der Waals surface area contributed by atoms with E-state index < -0.39 is 0 Å². The van der Waals surface area contributed by atoms with Crippen molar-refractivity contribution in [2.45, 2.75) is 52.1 Å². The Morgan fingerprint density at radius 2 is 2.09 bits per heavy atom. The Kier molecular flexibility index (Phi) is 4.71. The summed E-state index contributed by atoms with van der Waals surface area (Å²) < 4.78 is 5.58. The SMILES string of the molecule is Cc1cc2occ(CC(=O)NCC3CCCC(O)C3)c2cc1C. The van der Waals surface area contributed by atoms with E-state index in [9.17, 15) is 9.90 Å². The second-order valence-corrected chi connectivity index (χ2v) is 6.86. The summed E-state index contributed by atoms with van der Waals surface area (Å²) in [7, 11) is 0. The summed E-state index contributed by atoms with van der Waals surface area (Å²) in [4.78, 5) is 12.2. The molecule has 0 saturated heterocycles. The molecule has 124 valence electrons. The molecule has 1 aliphatic carbocycles. The highest BCUT2D eigenvalue weighted by Crippen LogP contribution is 2.26. The first-order valence-electron chi connectivity index (χ1n) is 8.45. The summed E-state index contributed by atoms with van der Waals surface area (Å²) in [5.41, 5.74) is 4.17. The van der Waals surface area contributed by atoms with Gasteiger partial charge in [0.05, 0.1) is 18.8 Å². The summed E-state index contributed by atoms with van der Waals surface area (Å²) in [5.74, 6) is 0.416. The predicted octanol–water partition coefficient (Wildman–Crippen LogP) is 3.26. The van der Waals surface area contributed by atoms with E-state index in [4.69, 9.17) is 4.42 Å². The fourth-order valence-electron chi connectivity index (χ4n) is 3.41. The zero-order valence-corrected chi connectivity index (χ0v) is 13.9. The molecule has 0 bridgehead atoms. The van der Waals surface area contributed by atoms with Crippen LogP contribution in [0.15, 0.2) is 22.8 Å². The number of aliphatic hydroxyl groups is 1. The number of hydrogen-bond donors (Lipinski definition) is 2. The number of aryl methyl sites for hydroxylation is 2. The predicted molar refractivity (Wildman–Crippen MR) is 90.4 cm³/mol. The van der Waals surface area contributed by atoms with Crippen LogP contribution >= 0.6 is 0 Å². The summed E-state index contributed by atoms with van der Waals surface area (Å²) in [6, 6.07) is 4.11. The maximum Gasteiger partial charge on any atom is 0.224 e. The van der Waals surface area contributed by atoms with E-state index in [-0.39, 0.29) is 12.0 Å². The molecule has 2 unspecified atom stereocenters. The molecule has 3 rings (SSSR count). The van der Waals surface area contributed by atoms with Crippen LogP contribution in [0, 0.1) is 19.8 Å². The van der Waals surface area contributed by atoms with Gasteiger partial charge in [0.1, 0.15) is 5.58 Å². The average Bonchev–Trinajstić information content (AvgIpc) is 2.88. The minimum Gasteiger partial charge on any atom is -0.464 e. The zero-order chi connectivity index (χ0) is 16.4. The van der Waals surface area contributed by atoms with Gasteiger partial charge in [0.25, 0.3) is 0 Å². The molecule has 2 atom stereocenters. The molecule has 0 radical (unpaired) electrons. The number of furan rings is 1. The van der Waals surface area contributed by atoms with Gasteiger partial charge in [-0.15, -0.1) is 0 Å². The van der Waals surface area contributed by atoms with E-state index in [1.54, 1.807) is 6.26 Å². The van der Waals surface area contributed by atoms with Crippen molar-refractivity contribution in [3.05, 3.63) is 35.1 Å². The Labute approximate surface area is 136 Å². The standard InChI is InChI=1S/C19H25NO3/c1-12-6-17-15(11-23-18(17)7-13(12)2)9-19(22)20-10-14-4-3-5-16(21)8-14/h6-7,11,14,16,21H,3-5,8-10H2,1-2H3,(H,20,22). The molecule has 0 spiro atoms. The van der Waals surface area contributed by atoms with E-state index in [2.05, 4.69) is 25.2 Å². The molecule has 0 aliphatic heterocycles. The highest BCUT2D eigenvalue weighted by Gasteiger charge is 2.20. The number of benzene rings is 1. The molecule has 1 heterocycles. The number of amides is 1. The van der Waals surface area contributed by atoms with E-state index in [1.807, 2.05) is 6.07 Å². The van der Waals surface area contributed by atoms with Crippen LogP contribution in [0.3, 0.4) is 0 Å². The van der Waals surface area contributed by atoms with Crippen LogP contribution in [-0.2, 0) is 11.2 Å². The summed E-state index contributed by atoms with van der Waals surface area (Å²) in [5, 5.41) is 13.7. The molecule has 1 amide bonds. The summed E-state index contributed by atoms with van der Waals surface area (Å²) >= 11 is 0. The van der Waals surface area contributed by atoms with Gasteiger partial charge < -0.3 is 14.8 Å². The maximum atomic E-state index is 12.2. The van der Waals surface area contributed by atoms with Gasteiger partial charge >= 0.3 is 0 Å². The van der Waals surface area contributed by atoms with Crippen molar-refractivity contribution in [2.75, 3.05) is 6.54 Å². The van der Waals surface area contributed by atoms with Crippen molar-refractivity contribution >= 4 is 16.9 Å². The molecule has 2 N–H and O–H groups in total. The highest BCUT2D eigenvalue weighted by atomic mass is 16.3. The van der Waals surface area contributed by atoms with Gasteiger partial charge in [-0.05, 0) is 62.3 Å². The fourth-order valence-corrected chi connectivity index (χ4v) is 3.41. The second-order valence-electron chi connectivity index (χ2n) is 6.86. The van der Waals surface area contributed by atoms with Gasteiger partial charge in [-0.3, -0.25) is 4.79 Å². The van der Waals surface area contributed by atoms with Crippen molar-refractivity contribution in [3.8, 4) is 0 Å². The van der Waals surface area contributed by atoms with Crippen molar-refractivity contribution in [1.29, 1.82) is 0 Å². The second kappa shape index (κ2) is 6.75. The number of hydrogen-bond acceptors (Lipinski definition) is 3. The van der Waals surface area contributed by atoms with E-state index >= 15 is 0 Å². The monoisotopic (exact) mass is 315 g/mol. The quantitative estimate of drug-likeness (QED) is 0.910. The van der Waals surface area contributed by atoms with Gasteiger partial charge in [0, 0.05) is 17.5 Å². The number of carbonyl (C=O) groups is 1. The number of aliphatic hydroxyl groups excluding tert-OH is 1. The van der Waals surface area contributed by atoms with Crippen LogP contribution < -0.4 is 5.32 Å². The van der Waals surface area contributed by atoms with Gasteiger partial charge in [-0.2, -0.15) is 0 Å². The van der Waals surface area contributed by atoms with Gasteiger partial charge in [-0.1, -0.05) is 6.42 Å². The molecule has 1 aliphatic rings. The third-order valence-corrected chi connectivity index (χ3v) is 4.96. The van der Waals surface area contributed by atoms with Gasteiger partial charge in [0.2, 0.25) is 5.91 Å².